The van der Waals surface area contributed by atoms with Crippen LogP contribution in [0.4, 0.5) is 13.2 Å². The number of aliphatic hydroxyl groups excluding tert-OH is 1. The molecular weight excluding hydrogens is 298 g/mol. The van der Waals surface area contributed by atoms with E-state index in [-0.39, 0.29) is 9.13 Å². The minimum atomic E-state index is -2.80. The summed E-state index contributed by atoms with van der Waals surface area (Å²) in [6, 6.07) is 1.16. The average Bonchev–Trinajstić information content (AvgIpc) is 2.07. The third-order valence-corrected chi connectivity index (χ3v) is 2.27. The van der Waals surface area contributed by atoms with Gasteiger partial charge < -0.3 is 5.11 Å². The Bertz CT molecular complexity index is 319. The van der Waals surface area contributed by atoms with Crippen LogP contribution in [0, 0.1) is 9.52 Å². The molecule has 0 aliphatic carbocycles. The number of aromatic nitrogens is 1. The molecule has 0 saturated heterocycles. The van der Waals surface area contributed by atoms with Crippen molar-refractivity contribution in [3.05, 3.63) is 26.8 Å². The Morgan fingerprint density at radius 3 is 2.62 bits per heavy atom. The first-order valence-electron chi connectivity index (χ1n) is 3.30. The fourth-order valence-electron chi connectivity index (χ4n) is 0.781. The van der Waals surface area contributed by atoms with Crippen molar-refractivity contribution < 1.29 is 18.3 Å². The zero-order valence-corrected chi connectivity index (χ0v) is 8.43. The molecule has 2 nitrogen and oxygen atoms in total. The zero-order chi connectivity index (χ0) is 10.0. The maximum absolute atomic E-state index is 12.8. The number of hydrogen-bond acceptors (Lipinski definition) is 2. The quantitative estimate of drug-likeness (QED) is 0.671. The van der Waals surface area contributed by atoms with Crippen molar-refractivity contribution in [1.82, 2.24) is 4.98 Å². The first-order chi connectivity index (χ1) is 6.06. The number of rotatable bonds is 2. The van der Waals surface area contributed by atoms with Crippen LogP contribution in [-0.4, -0.2) is 10.1 Å². The summed E-state index contributed by atoms with van der Waals surface area (Å²) in [5.74, 6) is -1.04. The monoisotopic (exact) mass is 303 g/mol. The minimum absolute atomic E-state index is 0.0752. The van der Waals surface area contributed by atoms with Crippen LogP contribution in [0.3, 0.4) is 0 Å². The highest BCUT2D eigenvalue weighted by Crippen LogP contribution is 2.24. The number of pyridine rings is 1. The van der Waals surface area contributed by atoms with Crippen molar-refractivity contribution in [2.24, 2.45) is 0 Å². The minimum Gasteiger partial charge on any atom is -0.392 e. The van der Waals surface area contributed by atoms with E-state index < -0.39 is 24.7 Å². The van der Waals surface area contributed by atoms with Crippen LogP contribution in [0.15, 0.2) is 6.07 Å². The van der Waals surface area contributed by atoms with E-state index in [2.05, 4.69) is 4.98 Å². The highest BCUT2D eigenvalue weighted by atomic mass is 127. The lowest BCUT2D eigenvalue weighted by molar-refractivity contribution is 0.143. The van der Waals surface area contributed by atoms with E-state index in [4.69, 9.17) is 5.11 Å². The van der Waals surface area contributed by atoms with Gasteiger partial charge in [-0.05, 0) is 28.7 Å². The van der Waals surface area contributed by atoms with Crippen LogP contribution >= 0.6 is 22.6 Å². The van der Waals surface area contributed by atoms with Gasteiger partial charge in [0.15, 0.2) is 0 Å². The van der Waals surface area contributed by atoms with Crippen LogP contribution < -0.4 is 0 Å². The molecule has 1 rings (SSSR count). The van der Waals surface area contributed by atoms with Gasteiger partial charge in [0.1, 0.15) is 5.69 Å². The van der Waals surface area contributed by atoms with Gasteiger partial charge >= 0.3 is 0 Å². The van der Waals surface area contributed by atoms with Gasteiger partial charge in [-0.1, -0.05) is 0 Å². The lowest BCUT2D eigenvalue weighted by atomic mass is 10.2. The summed E-state index contributed by atoms with van der Waals surface area (Å²) < 4.78 is 37.2. The van der Waals surface area contributed by atoms with E-state index in [0.29, 0.717) is 0 Å². The maximum atomic E-state index is 12.8. The van der Waals surface area contributed by atoms with Gasteiger partial charge in [0.2, 0.25) is 5.95 Å². The van der Waals surface area contributed by atoms with E-state index >= 15 is 0 Å². The third-order valence-electron chi connectivity index (χ3n) is 1.41. The molecule has 0 saturated carbocycles. The largest absolute Gasteiger partial charge is 0.392 e. The molecule has 6 heteroatoms. The molecule has 1 aromatic heterocycles. The van der Waals surface area contributed by atoms with Crippen LogP contribution in [0.5, 0.6) is 0 Å². The van der Waals surface area contributed by atoms with Crippen LogP contribution in [0.1, 0.15) is 17.7 Å². The summed E-state index contributed by atoms with van der Waals surface area (Å²) in [5.41, 5.74) is -0.663. The van der Waals surface area contributed by atoms with Crippen LogP contribution in [0.2, 0.25) is 0 Å². The molecule has 0 unspecified atom stereocenters. The van der Waals surface area contributed by atoms with Gasteiger partial charge in [-0.2, -0.15) is 4.39 Å². The molecule has 72 valence electrons. The molecule has 1 aromatic rings. The van der Waals surface area contributed by atoms with E-state index in [1.165, 1.54) is 0 Å². The average molecular weight is 303 g/mol. The van der Waals surface area contributed by atoms with Crippen molar-refractivity contribution in [1.29, 1.82) is 0 Å². The smallest absolute Gasteiger partial charge is 0.281 e. The molecule has 0 aliphatic rings. The van der Waals surface area contributed by atoms with E-state index in [9.17, 15) is 13.2 Å². The Morgan fingerprint density at radius 2 is 2.15 bits per heavy atom. The highest BCUT2D eigenvalue weighted by molar-refractivity contribution is 14.1. The zero-order valence-electron chi connectivity index (χ0n) is 6.27. The van der Waals surface area contributed by atoms with Gasteiger partial charge in [0.05, 0.1) is 6.61 Å². The van der Waals surface area contributed by atoms with Gasteiger partial charge in [0.25, 0.3) is 6.43 Å². The fraction of sp³-hybridized carbons (Fsp3) is 0.286. The van der Waals surface area contributed by atoms with Gasteiger partial charge in [0, 0.05) is 9.13 Å². The Kier molecular flexibility index (Phi) is 3.48. The second-order valence-electron chi connectivity index (χ2n) is 2.26. The van der Waals surface area contributed by atoms with Crippen molar-refractivity contribution in [2.45, 2.75) is 13.0 Å². The van der Waals surface area contributed by atoms with E-state index in [1.54, 1.807) is 22.6 Å². The summed E-state index contributed by atoms with van der Waals surface area (Å²) in [7, 11) is 0. The number of halogens is 4. The molecule has 0 amide bonds. The summed E-state index contributed by atoms with van der Waals surface area (Å²) in [4.78, 5) is 3.06. The predicted octanol–water partition coefficient (Wildman–Crippen LogP) is 2.26. The SMILES string of the molecule is OCc1cc(I)c(C(F)F)nc1F. The molecule has 1 N–H and O–H groups in total. The van der Waals surface area contributed by atoms with Crippen LogP contribution in [0.25, 0.3) is 0 Å². The molecule has 0 fully saturated rings. The first kappa shape index (κ1) is 10.7. The van der Waals surface area contributed by atoms with Gasteiger partial charge in [-0.25, -0.2) is 13.8 Å². The van der Waals surface area contributed by atoms with Gasteiger partial charge in [-0.15, -0.1) is 0 Å². The predicted molar refractivity (Wildman–Crippen MR) is 47.8 cm³/mol. The molecule has 0 bridgehead atoms. The normalized spacial score (nSPS) is 10.9. The molecule has 0 aliphatic heterocycles. The Labute approximate surface area is 85.9 Å². The molecule has 1 heterocycles. The van der Waals surface area contributed by atoms with Crippen LogP contribution in [-0.2, 0) is 6.61 Å². The van der Waals surface area contributed by atoms with Crippen molar-refractivity contribution in [2.75, 3.05) is 0 Å². The molecule has 0 atom stereocenters. The Hall–Kier alpha value is -0.370. The number of hydrogen-bond donors (Lipinski definition) is 1. The number of nitrogens with zero attached hydrogens (tertiary/aromatic N) is 1. The molecule has 0 radical (unpaired) electrons. The Balaban J connectivity index is 3.20. The summed E-state index contributed by atoms with van der Waals surface area (Å²) in [6.45, 7) is -0.543. The summed E-state index contributed by atoms with van der Waals surface area (Å²) in [6.07, 6.45) is -2.80. The topological polar surface area (TPSA) is 33.1 Å². The molecule has 13 heavy (non-hydrogen) atoms. The molecule has 0 aromatic carbocycles. The lowest BCUT2D eigenvalue weighted by Crippen LogP contribution is -2.02. The second kappa shape index (κ2) is 4.23. The maximum Gasteiger partial charge on any atom is 0.281 e. The van der Waals surface area contributed by atoms with E-state index in [1.807, 2.05) is 0 Å². The van der Waals surface area contributed by atoms with E-state index in [0.717, 1.165) is 6.07 Å². The first-order valence-corrected chi connectivity index (χ1v) is 4.38. The summed E-state index contributed by atoms with van der Waals surface area (Å²) in [5, 5.41) is 8.60. The lowest BCUT2D eigenvalue weighted by Gasteiger charge is -2.04. The van der Waals surface area contributed by atoms with Crippen molar-refractivity contribution in [3.63, 3.8) is 0 Å². The number of aliphatic hydroxyl groups is 1. The van der Waals surface area contributed by atoms with Crippen molar-refractivity contribution >= 4 is 22.6 Å². The summed E-state index contributed by atoms with van der Waals surface area (Å²) >= 11 is 1.62. The fourth-order valence-corrected chi connectivity index (χ4v) is 1.51. The second-order valence-corrected chi connectivity index (χ2v) is 3.43. The molecular formula is C7H5F3INO. The Morgan fingerprint density at radius 1 is 1.54 bits per heavy atom. The third kappa shape index (κ3) is 2.31. The number of alkyl halides is 2. The highest BCUT2D eigenvalue weighted by Gasteiger charge is 2.16. The molecule has 0 spiro atoms. The van der Waals surface area contributed by atoms with Crippen molar-refractivity contribution in [3.8, 4) is 0 Å². The van der Waals surface area contributed by atoms with Gasteiger partial charge in [-0.3, -0.25) is 0 Å². The standard InChI is InChI=1S/C7H5F3INO/c8-6(9)5-4(11)1-3(2-13)7(10)12-5/h1,6,13H,2H2.